The van der Waals surface area contributed by atoms with Crippen molar-refractivity contribution < 1.29 is 9.53 Å². The lowest BCUT2D eigenvalue weighted by Gasteiger charge is -2.09. The third-order valence-corrected chi connectivity index (χ3v) is 3.90. The van der Waals surface area contributed by atoms with E-state index in [0.717, 1.165) is 31.5 Å². The van der Waals surface area contributed by atoms with Gasteiger partial charge in [-0.3, -0.25) is 4.79 Å². The van der Waals surface area contributed by atoms with Crippen molar-refractivity contribution in [3.05, 3.63) is 52.7 Å². The molecule has 1 amide bonds. The first-order valence-electron chi connectivity index (χ1n) is 7.76. The molecule has 1 aliphatic rings. The van der Waals surface area contributed by atoms with Gasteiger partial charge < -0.3 is 15.4 Å². The van der Waals surface area contributed by atoms with Crippen LogP contribution in [0.3, 0.4) is 0 Å². The summed E-state index contributed by atoms with van der Waals surface area (Å²) in [5.41, 5.74) is 4.19. The van der Waals surface area contributed by atoms with E-state index in [9.17, 15) is 4.79 Å². The zero-order valence-corrected chi connectivity index (χ0v) is 13.1. The molecule has 6 nitrogen and oxygen atoms in total. The predicted octanol–water partition coefficient (Wildman–Crippen LogP) is 1.10. The van der Waals surface area contributed by atoms with E-state index in [1.807, 2.05) is 0 Å². The molecule has 0 saturated carbocycles. The number of nitrogens with zero attached hydrogens (tertiary/aromatic N) is 2. The first kappa shape index (κ1) is 15.4. The maximum Gasteiger partial charge on any atom is 0.271 e. The molecule has 0 spiro atoms. The van der Waals surface area contributed by atoms with Crippen molar-refractivity contribution in [1.82, 2.24) is 20.8 Å². The third kappa shape index (κ3) is 3.84. The van der Waals surface area contributed by atoms with Gasteiger partial charge in [0, 0.05) is 13.1 Å². The van der Waals surface area contributed by atoms with E-state index in [-0.39, 0.29) is 11.6 Å². The average Bonchev–Trinajstić information content (AvgIpc) is 2.84. The molecule has 0 bridgehead atoms. The second kappa shape index (κ2) is 7.19. The number of fused-ring (bicyclic) bond motifs is 1. The number of nitrogens with one attached hydrogen (secondary N) is 2. The fourth-order valence-corrected chi connectivity index (χ4v) is 2.62. The van der Waals surface area contributed by atoms with Crippen molar-refractivity contribution >= 4 is 5.91 Å². The number of rotatable bonds is 4. The summed E-state index contributed by atoms with van der Waals surface area (Å²) in [4.78, 5) is 11.4. The van der Waals surface area contributed by atoms with E-state index in [1.54, 1.807) is 19.2 Å². The fraction of sp³-hybridized carbons (Fsp3) is 0.353. The monoisotopic (exact) mass is 312 g/mol. The summed E-state index contributed by atoms with van der Waals surface area (Å²) in [5.74, 6) is 0.151. The summed E-state index contributed by atoms with van der Waals surface area (Å²) in [6.45, 7) is 2.49. The maximum absolute atomic E-state index is 11.4. The second-order valence-corrected chi connectivity index (χ2v) is 5.48. The van der Waals surface area contributed by atoms with Gasteiger partial charge in [0.2, 0.25) is 5.88 Å². The van der Waals surface area contributed by atoms with Crippen LogP contribution >= 0.6 is 0 Å². The standard InChI is InChI=1S/C17H20N4O2/c1-18-17(22)15-4-5-16(21-20-15)23-11-12-2-3-13-6-8-19-9-7-14(13)10-12/h2-5,10,19H,6-9,11H2,1H3,(H,18,22). The highest BCUT2D eigenvalue weighted by Crippen LogP contribution is 2.17. The van der Waals surface area contributed by atoms with Crippen LogP contribution in [0.15, 0.2) is 30.3 Å². The fourth-order valence-electron chi connectivity index (χ4n) is 2.62. The van der Waals surface area contributed by atoms with Gasteiger partial charge in [0.1, 0.15) is 6.61 Å². The highest BCUT2D eigenvalue weighted by atomic mass is 16.5. The van der Waals surface area contributed by atoms with Crippen LogP contribution in [0, 0.1) is 0 Å². The Hall–Kier alpha value is -2.47. The lowest BCUT2D eigenvalue weighted by atomic mass is 10.0. The van der Waals surface area contributed by atoms with Crippen LogP contribution in [-0.2, 0) is 19.4 Å². The summed E-state index contributed by atoms with van der Waals surface area (Å²) < 4.78 is 5.66. The Bertz CT molecular complexity index is 685. The Morgan fingerprint density at radius 2 is 2.00 bits per heavy atom. The minimum atomic E-state index is -0.261. The Morgan fingerprint density at radius 1 is 1.17 bits per heavy atom. The predicted molar refractivity (Wildman–Crippen MR) is 86.5 cm³/mol. The average molecular weight is 312 g/mol. The lowest BCUT2D eigenvalue weighted by Crippen LogP contribution is -2.19. The smallest absolute Gasteiger partial charge is 0.271 e. The van der Waals surface area contributed by atoms with Gasteiger partial charge in [-0.05, 0) is 48.7 Å². The van der Waals surface area contributed by atoms with Gasteiger partial charge in [0.05, 0.1) is 0 Å². The van der Waals surface area contributed by atoms with Crippen LogP contribution in [0.5, 0.6) is 5.88 Å². The van der Waals surface area contributed by atoms with Crippen LogP contribution < -0.4 is 15.4 Å². The van der Waals surface area contributed by atoms with Crippen LogP contribution in [0.1, 0.15) is 27.2 Å². The Labute approximate surface area is 135 Å². The molecular formula is C17H20N4O2. The van der Waals surface area contributed by atoms with Crippen molar-refractivity contribution in [2.75, 3.05) is 20.1 Å². The molecule has 1 aliphatic heterocycles. The normalized spacial score (nSPS) is 13.8. The van der Waals surface area contributed by atoms with E-state index >= 15 is 0 Å². The van der Waals surface area contributed by atoms with Crippen molar-refractivity contribution in [3.63, 3.8) is 0 Å². The first-order valence-corrected chi connectivity index (χ1v) is 7.76. The number of carbonyl (C=O) groups excluding carboxylic acids is 1. The Morgan fingerprint density at radius 3 is 2.74 bits per heavy atom. The number of hydrogen-bond acceptors (Lipinski definition) is 5. The topological polar surface area (TPSA) is 76.1 Å². The van der Waals surface area contributed by atoms with Crippen molar-refractivity contribution in [1.29, 1.82) is 0 Å². The van der Waals surface area contributed by atoms with E-state index in [1.165, 1.54) is 11.1 Å². The molecule has 2 aromatic rings. The number of hydrogen-bond donors (Lipinski definition) is 2. The molecule has 23 heavy (non-hydrogen) atoms. The number of benzene rings is 1. The molecule has 0 radical (unpaired) electrons. The number of carbonyl (C=O) groups is 1. The van der Waals surface area contributed by atoms with Crippen molar-refractivity contribution in [2.45, 2.75) is 19.4 Å². The number of aromatic nitrogens is 2. The van der Waals surface area contributed by atoms with Crippen LogP contribution in [0.2, 0.25) is 0 Å². The lowest BCUT2D eigenvalue weighted by molar-refractivity contribution is 0.0957. The molecule has 0 unspecified atom stereocenters. The first-order chi connectivity index (χ1) is 11.3. The largest absolute Gasteiger partial charge is 0.472 e. The Kier molecular flexibility index (Phi) is 4.83. The number of ether oxygens (including phenoxy) is 1. The highest BCUT2D eigenvalue weighted by molar-refractivity contribution is 5.91. The van der Waals surface area contributed by atoms with Gasteiger partial charge in [0.15, 0.2) is 5.69 Å². The summed E-state index contributed by atoms with van der Waals surface area (Å²) in [5, 5.41) is 13.7. The molecule has 0 aliphatic carbocycles. The minimum absolute atomic E-state index is 0.261. The van der Waals surface area contributed by atoms with Gasteiger partial charge in [-0.25, -0.2) is 0 Å². The second-order valence-electron chi connectivity index (χ2n) is 5.48. The Balaban J connectivity index is 1.64. The van der Waals surface area contributed by atoms with Crippen molar-refractivity contribution in [2.24, 2.45) is 0 Å². The van der Waals surface area contributed by atoms with Gasteiger partial charge in [-0.15, -0.1) is 10.2 Å². The zero-order valence-electron chi connectivity index (χ0n) is 13.1. The van der Waals surface area contributed by atoms with Crippen LogP contribution in [-0.4, -0.2) is 36.2 Å². The summed E-state index contributed by atoms with van der Waals surface area (Å²) in [7, 11) is 1.56. The summed E-state index contributed by atoms with van der Waals surface area (Å²) in [6.07, 6.45) is 2.12. The SMILES string of the molecule is CNC(=O)c1ccc(OCc2ccc3c(c2)CCNCC3)nn1. The van der Waals surface area contributed by atoms with E-state index < -0.39 is 0 Å². The molecule has 3 rings (SSSR count). The summed E-state index contributed by atoms with van der Waals surface area (Å²) in [6, 6.07) is 9.74. The molecule has 2 heterocycles. The molecule has 1 aromatic heterocycles. The summed E-state index contributed by atoms with van der Waals surface area (Å²) >= 11 is 0. The zero-order chi connectivity index (χ0) is 16.1. The van der Waals surface area contributed by atoms with E-state index in [2.05, 4.69) is 39.0 Å². The quantitative estimate of drug-likeness (QED) is 0.884. The minimum Gasteiger partial charge on any atom is -0.472 e. The van der Waals surface area contributed by atoms with Crippen molar-refractivity contribution in [3.8, 4) is 5.88 Å². The molecule has 2 N–H and O–H groups in total. The van der Waals surface area contributed by atoms with Gasteiger partial charge in [0.25, 0.3) is 5.91 Å². The third-order valence-electron chi connectivity index (χ3n) is 3.90. The van der Waals surface area contributed by atoms with Crippen LogP contribution in [0.4, 0.5) is 0 Å². The molecule has 1 aromatic carbocycles. The highest BCUT2D eigenvalue weighted by Gasteiger charge is 2.09. The van der Waals surface area contributed by atoms with E-state index in [0.29, 0.717) is 12.5 Å². The van der Waals surface area contributed by atoms with Gasteiger partial charge >= 0.3 is 0 Å². The van der Waals surface area contributed by atoms with E-state index in [4.69, 9.17) is 4.74 Å². The van der Waals surface area contributed by atoms with Gasteiger partial charge in [-0.2, -0.15) is 0 Å². The molecule has 0 atom stereocenters. The van der Waals surface area contributed by atoms with Crippen LogP contribution in [0.25, 0.3) is 0 Å². The number of amides is 1. The van der Waals surface area contributed by atoms with Gasteiger partial charge in [-0.1, -0.05) is 18.2 Å². The molecular weight excluding hydrogens is 292 g/mol. The molecule has 0 fully saturated rings. The molecule has 0 saturated heterocycles. The maximum atomic E-state index is 11.4. The molecule has 120 valence electrons. The molecule has 6 heteroatoms.